The highest BCUT2D eigenvalue weighted by Crippen LogP contribution is 2.34. The highest BCUT2D eigenvalue weighted by Gasteiger charge is 2.31. The van der Waals surface area contributed by atoms with Gasteiger partial charge in [0.1, 0.15) is 5.69 Å². The minimum Gasteiger partial charge on any atom is -0.332 e. The molecule has 1 saturated heterocycles. The lowest BCUT2D eigenvalue weighted by atomic mass is 10.0. The molecule has 0 spiro atoms. The number of hydrogen-bond donors (Lipinski definition) is 0. The van der Waals surface area contributed by atoms with Gasteiger partial charge in [0.15, 0.2) is 0 Å². The van der Waals surface area contributed by atoms with Crippen LogP contribution in [0, 0.1) is 0 Å². The second-order valence-corrected chi connectivity index (χ2v) is 7.41. The predicted octanol–water partition coefficient (Wildman–Crippen LogP) is 4.01. The number of pyridine rings is 2. The van der Waals surface area contributed by atoms with Gasteiger partial charge in [-0.2, -0.15) is 0 Å². The molecule has 1 aromatic carbocycles. The molecule has 0 saturated carbocycles. The van der Waals surface area contributed by atoms with Crippen LogP contribution in [-0.4, -0.2) is 36.9 Å². The Balaban J connectivity index is 1.47. The summed E-state index contributed by atoms with van der Waals surface area (Å²) in [5.41, 5.74) is 4.26. The molecule has 6 nitrogen and oxygen atoms in total. The number of aryl methyl sites for hydroxylation is 1. The lowest BCUT2D eigenvalue weighted by Crippen LogP contribution is -2.31. The van der Waals surface area contributed by atoms with Gasteiger partial charge in [-0.15, -0.1) is 0 Å². The largest absolute Gasteiger partial charge is 0.332 e. The van der Waals surface area contributed by atoms with Gasteiger partial charge in [-0.25, -0.2) is 9.97 Å². The summed E-state index contributed by atoms with van der Waals surface area (Å²) in [6.45, 7) is 0.737. The summed E-state index contributed by atoms with van der Waals surface area (Å²) in [4.78, 5) is 28.5. The molecule has 1 amide bonds. The third kappa shape index (κ3) is 3.16. The summed E-state index contributed by atoms with van der Waals surface area (Å²) >= 11 is 0. The van der Waals surface area contributed by atoms with Crippen molar-refractivity contribution in [3.63, 3.8) is 0 Å². The van der Waals surface area contributed by atoms with Crippen molar-refractivity contribution in [1.29, 1.82) is 0 Å². The lowest BCUT2D eigenvalue weighted by Gasteiger charge is -2.25. The molecule has 4 aromatic rings. The molecule has 144 valence electrons. The molecule has 5 rings (SSSR count). The molecule has 1 aliphatic rings. The first-order valence-corrected chi connectivity index (χ1v) is 9.80. The van der Waals surface area contributed by atoms with Gasteiger partial charge in [-0.3, -0.25) is 9.78 Å². The van der Waals surface area contributed by atoms with E-state index in [-0.39, 0.29) is 11.9 Å². The van der Waals surface area contributed by atoms with E-state index in [9.17, 15) is 4.79 Å². The summed E-state index contributed by atoms with van der Waals surface area (Å²) < 4.78 is 1.95. The van der Waals surface area contributed by atoms with Gasteiger partial charge in [0.05, 0.1) is 35.5 Å². The van der Waals surface area contributed by atoms with Crippen LogP contribution in [0.15, 0.2) is 67.3 Å². The first kappa shape index (κ1) is 17.6. The molecule has 0 bridgehead atoms. The van der Waals surface area contributed by atoms with Crippen LogP contribution in [0.1, 0.15) is 34.9 Å². The van der Waals surface area contributed by atoms with E-state index >= 15 is 0 Å². The summed E-state index contributed by atoms with van der Waals surface area (Å²) in [5.74, 6) is -0.0165. The molecule has 1 fully saturated rings. The average molecular weight is 383 g/mol. The van der Waals surface area contributed by atoms with Crippen LogP contribution in [-0.2, 0) is 7.05 Å². The number of benzene rings is 1. The number of carbonyl (C=O) groups excluding carboxylic acids is 1. The van der Waals surface area contributed by atoms with E-state index in [4.69, 9.17) is 0 Å². The van der Waals surface area contributed by atoms with Crippen molar-refractivity contribution in [1.82, 2.24) is 24.4 Å². The smallest absolute Gasteiger partial charge is 0.272 e. The number of imidazole rings is 1. The molecule has 1 atom stereocenters. The number of amides is 1. The van der Waals surface area contributed by atoms with Crippen molar-refractivity contribution in [2.75, 3.05) is 6.54 Å². The van der Waals surface area contributed by atoms with Gasteiger partial charge < -0.3 is 9.47 Å². The van der Waals surface area contributed by atoms with Crippen LogP contribution in [0.4, 0.5) is 0 Å². The van der Waals surface area contributed by atoms with Gasteiger partial charge in [0, 0.05) is 25.2 Å². The van der Waals surface area contributed by atoms with Crippen LogP contribution in [0.25, 0.3) is 22.3 Å². The van der Waals surface area contributed by atoms with Gasteiger partial charge in [-0.1, -0.05) is 24.3 Å². The predicted molar refractivity (Wildman–Crippen MR) is 111 cm³/mol. The summed E-state index contributed by atoms with van der Waals surface area (Å²) in [6.07, 6.45) is 7.30. The number of fused-ring (bicyclic) bond motifs is 1. The first-order valence-electron chi connectivity index (χ1n) is 9.80. The molecule has 4 heterocycles. The Bertz CT molecular complexity index is 1200. The first-order chi connectivity index (χ1) is 14.2. The van der Waals surface area contributed by atoms with E-state index in [2.05, 4.69) is 21.0 Å². The van der Waals surface area contributed by atoms with E-state index in [1.54, 1.807) is 6.33 Å². The Morgan fingerprint density at radius 1 is 1.14 bits per heavy atom. The fraction of sp³-hybridized carbons (Fsp3) is 0.217. The van der Waals surface area contributed by atoms with E-state index in [1.807, 2.05) is 71.4 Å². The number of aromatic nitrogens is 4. The number of nitrogens with zero attached hydrogens (tertiary/aromatic N) is 5. The summed E-state index contributed by atoms with van der Waals surface area (Å²) in [6, 6.07) is 15.8. The Hall–Kier alpha value is -3.54. The van der Waals surface area contributed by atoms with E-state index in [0.29, 0.717) is 5.69 Å². The number of carbonyl (C=O) groups is 1. The van der Waals surface area contributed by atoms with Crippen LogP contribution < -0.4 is 0 Å². The Kier molecular flexibility index (Phi) is 4.31. The fourth-order valence-corrected chi connectivity index (χ4v) is 4.09. The minimum absolute atomic E-state index is 0.0165. The zero-order valence-electron chi connectivity index (χ0n) is 16.2. The van der Waals surface area contributed by atoms with E-state index in [1.165, 1.54) is 0 Å². The third-order valence-corrected chi connectivity index (χ3v) is 5.58. The molecular weight excluding hydrogens is 362 g/mol. The quantitative estimate of drug-likeness (QED) is 0.536. The zero-order chi connectivity index (χ0) is 19.8. The van der Waals surface area contributed by atoms with Crippen molar-refractivity contribution in [2.45, 2.75) is 18.9 Å². The van der Waals surface area contributed by atoms with Crippen LogP contribution in [0.2, 0.25) is 0 Å². The fourth-order valence-electron chi connectivity index (χ4n) is 4.09. The van der Waals surface area contributed by atoms with Gasteiger partial charge in [-0.05, 0) is 42.7 Å². The van der Waals surface area contributed by atoms with Gasteiger partial charge in [0.25, 0.3) is 5.91 Å². The van der Waals surface area contributed by atoms with Crippen molar-refractivity contribution in [3.8, 4) is 11.4 Å². The average Bonchev–Trinajstić information content (AvgIpc) is 3.42. The molecule has 0 radical (unpaired) electrons. The van der Waals surface area contributed by atoms with E-state index in [0.717, 1.165) is 47.2 Å². The molecule has 0 aliphatic carbocycles. The maximum atomic E-state index is 13.3. The van der Waals surface area contributed by atoms with Crippen LogP contribution in [0.3, 0.4) is 0 Å². The van der Waals surface area contributed by atoms with Crippen LogP contribution >= 0.6 is 0 Å². The zero-order valence-corrected chi connectivity index (χ0v) is 16.2. The minimum atomic E-state index is -0.0165. The number of para-hydroxylation sites is 1. The Morgan fingerprint density at radius 2 is 2.03 bits per heavy atom. The molecule has 1 unspecified atom stereocenters. The number of hydrogen-bond acceptors (Lipinski definition) is 4. The molecular formula is C23H21N5O. The molecule has 3 aromatic heterocycles. The molecule has 29 heavy (non-hydrogen) atoms. The Labute approximate surface area is 168 Å². The van der Waals surface area contributed by atoms with Crippen molar-refractivity contribution < 1.29 is 4.79 Å². The molecule has 0 N–H and O–H groups in total. The van der Waals surface area contributed by atoms with Crippen molar-refractivity contribution in [2.24, 2.45) is 7.05 Å². The molecule has 1 aliphatic heterocycles. The van der Waals surface area contributed by atoms with Crippen molar-refractivity contribution >= 4 is 16.8 Å². The summed E-state index contributed by atoms with van der Waals surface area (Å²) in [7, 11) is 1.95. The monoisotopic (exact) mass is 383 g/mol. The highest BCUT2D eigenvalue weighted by atomic mass is 16.2. The van der Waals surface area contributed by atoms with E-state index < -0.39 is 0 Å². The van der Waals surface area contributed by atoms with Crippen molar-refractivity contribution in [3.05, 3.63) is 78.5 Å². The SMILES string of the molecule is Cn1cncc1-c1cc(C2CCCN2C(=O)c2ccc3ccccc3n2)ccn1. The maximum Gasteiger partial charge on any atom is 0.272 e. The molecule has 6 heteroatoms. The second kappa shape index (κ2) is 7.13. The standard InChI is InChI=1S/C23H21N5O/c1-27-15-24-14-22(27)20-13-17(10-11-25-20)21-7-4-12-28(21)23(29)19-9-8-16-5-2-3-6-18(16)26-19/h2-3,5-6,8-11,13-15,21H,4,7,12H2,1H3. The number of likely N-dealkylation sites (tertiary alicyclic amines) is 1. The lowest BCUT2D eigenvalue weighted by molar-refractivity contribution is 0.0730. The topological polar surface area (TPSA) is 63.9 Å². The Morgan fingerprint density at radius 3 is 2.90 bits per heavy atom. The number of rotatable bonds is 3. The third-order valence-electron chi connectivity index (χ3n) is 5.58. The maximum absolute atomic E-state index is 13.3. The van der Waals surface area contributed by atoms with Gasteiger partial charge in [0.2, 0.25) is 0 Å². The second-order valence-electron chi connectivity index (χ2n) is 7.41. The highest BCUT2D eigenvalue weighted by molar-refractivity contribution is 5.95. The normalized spacial score (nSPS) is 16.4. The summed E-state index contributed by atoms with van der Waals surface area (Å²) in [5, 5.41) is 1.04. The van der Waals surface area contributed by atoms with Gasteiger partial charge >= 0.3 is 0 Å². The van der Waals surface area contributed by atoms with Crippen LogP contribution in [0.5, 0.6) is 0 Å².